The highest BCUT2D eigenvalue weighted by Crippen LogP contribution is 2.47. The number of pyridine rings is 1. The van der Waals surface area contributed by atoms with Crippen LogP contribution >= 0.6 is 0 Å². The predicted molar refractivity (Wildman–Crippen MR) is 127 cm³/mol. The van der Waals surface area contributed by atoms with E-state index in [2.05, 4.69) is 20.9 Å². The number of carbonyl (C=O) groups excluding carboxylic acids is 1. The third kappa shape index (κ3) is 4.32. The lowest BCUT2D eigenvalue weighted by Gasteiger charge is -2.48. The van der Waals surface area contributed by atoms with E-state index in [4.69, 9.17) is 10.00 Å². The summed E-state index contributed by atoms with van der Waals surface area (Å²) in [6.45, 7) is 7.35. The molecule has 3 aliphatic rings. The number of aromatic nitrogens is 1. The molecule has 1 saturated carbocycles. The molecule has 1 aliphatic carbocycles. The van der Waals surface area contributed by atoms with Gasteiger partial charge in [0.15, 0.2) is 0 Å². The molecule has 1 aromatic heterocycles. The SMILES string of the molecule is CCOC(=O)N1CC2(CC[C@@H](N3CCN(c4cc(F)cnc4-c4ccc(C#N)cc4)CC3)C2)C1. The van der Waals surface area contributed by atoms with Crippen LogP contribution in [0.1, 0.15) is 31.7 Å². The molecule has 0 unspecified atom stereocenters. The van der Waals surface area contributed by atoms with E-state index < -0.39 is 0 Å². The molecule has 7 nitrogen and oxygen atoms in total. The molecule has 3 heterocycles. The van der Waals surface area contributed by atoms with Gasteiger partial charge in [0.05, 0.1) is 35.8 Å². The summed E-state index contributed by atoms with van der Waals surface area (Å²) in [7, 11) is 0. The lowest BCUT2D eigenvalue weighted by molar-refractivity contribution is -0.00294. The van der Waals surface area contributed by atoms with Gasteiger partial charge in [-0.15, -0.1) is 0 Å². The van der Waals surface area contributed by atoms with Crippen molar-refractivity contribution in [2.24, 2.45) is 5.41 Å². The number of hydrogen-bond donors (Lipinski definition) is 0. The minimum atomic E-state index is -0.344. The zero-order valence-corrected chi connectivity index (χ0v) is 19.5. The summed E-state index contributed by atoms with van der Waals surface area (Å²) in [6.07, 6.45) is 4.51. The second-order valence-electron chi connectivity index (χ2n) is 9.69. The Morgan fingerprint density at radius 3 is 2.65 bits per heavy atom. The molecule has 1 aromatic carbocycles. The molecule has 2 aromatic rings. The van der Waals surface area contributed by atoms with Crippen molar-refractivity contribution in [3.8, 4) is 17.3 Å². The first-order chi connectivity index (χ1) is 16.5. The zero-order chi connectivity index (χ0) is 23.7. The van der Waals surface area contributed by atoms with E-state index >= 15 is 0 Å². The molecule has 2 aliphatic heterocycles. The average molecular weight is 464 g/mol. The van der Waals surface area contributed by atoms with E-state index in [9.17, 15) is 9.18 Å². The highest BCUT2D eigenvalue weighted by atomic mass is 19.1. The molecule has 178 valence electrons. The van der Waals surface area contributed by atoms with E-state index in [-0.39, 0.29) is 17.3 Å². The molecule has 0 N–H and O–H groups in total. The van der Waals surface area contributed by atoms with Crippen molar-refractivity contribution in [3.63, 3.8) is 0 Å². The number of likely N-dealkylation sites (tertiary alicyclic amines) is 1. The smallest absolute Gasteiger partial charge is 0.409 e. The van der Waals surface area contributed by atoms with E-state index in [0.29, 0.717) is 18.2 Å². The highest BCUT2D eigenvalue weighted by Gasteiger charge is 2.51. The molecule has 1 atom stereocenters. The number of piperazine rings is 1. The first-order valence-electron chi connectivity index (χ1n) is 12.1. The van der Waals surface area contributed by atoms with Gasteiger partial charge in [-0.25, -0.2) is 9.18 Å². The van der Waals surface area contributed by atoms with E-state index in [1.165, 1.54) is 6.20 Å². The summed E-state index contributed by atoms with van der Waals surface area (Å²) >= 11 is 0. The molecule has 2 saturated heterocycles. The summed E-state index contributed by atoms with van der Waals surface area (Å²) in [4.78, 5) is 22.9. The lowest BCUT2D eigenvalue weighted by atomic mass is 9.78. The molecule has 0 bridgehead atoms. The molecular weight excluding hydrogens is 433 g/mol. The number of benzene rings is 1. The van der Waals surface area contributed by atoms with Gasteiger partial charge < -0.3 is 14.5 Å². The molecule has 3 fully saturated rings. The van der Waals surface area contributed by atoms with Crippen LogP contribution in [-0.2, 0) is 4.74 Å². The van der Waals surface area contributed by atoms with E-state index in [0.717, 1.165) is 75.5 Å². The Balaban J connectivity index is 1.21. The first kappa shape index (κ1) is 22.6. The van der Waals surface area contributed by atoms with Crippen molar-refractivity contribution in [1.29, 1.82) is 5.26 Å². The summed E-state index contributed by atoms with van der Waals surface area (Å²) in [5.41, 5.74) is 3.27. The fourth-order valence-electron chi connectivity index (χ4n) is 5.81. The second kappa shape index (κ2) is 9.22. The number of halogens is 1. The maximum atomic E-state index is 14.1. The van der Waals surface area contributed by atoms with Crippen LogP contribution in [0.15, 0.2) is 36.5 Å². The third-order valence-corrected chi connectivity index (χ3v) is 7.55. The molecule has 8 heteroatoms. The predicted octanol–water partition coefficient (Wildman–Crippen LogP) is 3.89. The van der Waals surface area contributed by atoms with Crippen LogP contribution < -0.4 is 4.90 Å². The maximum Gasteiger partial charge on any atom is 0.409 e. The molecule has 1 amide bonds. The van der Waals surface area contributed by atoms with Crippen LogP contribution in [0.5, 0.6) is 0 Å². The monoisotopic (exact) mass is 463 g/mol. The molecule has 5 rings (SSSR count). The number of anilines is 1. The molecular formula is C26H30FN5O2. The van der Waals surface area contributed by atoms with Crippen molar-refractivity contribution in [2.45, 2.75) is 32.2 Å². The number of hydrogen-bond acceptors (Lipinski definition) is 6. The lowest BCUT2D eigenvalue weighted by Crippen LogP contribution is -2.58. The van der Waals surface area contributed by atoms with Crippen molar-refractivity contribution < 1.29 is 13.9 Å². The van der Waals surface area contributed by atoms with Crippen LogP contribution in [-0.4, -0.2) is 72.8 Å². The fraction of sp³-hybridized carbons (Fsp3) is 0.500. The number of amides is 1. The van der Waals surface area contributed by atoms with Gasteiger partial charge in [0.1, 0.15) is 5.82 Å². The summed E-state index contributed by atoms with van der Waals surface area (Å²) in [5.74, 6) is -0.344. The quantitative estimate of drug-likeness (QED) is 0.685. The summed E-state index contributed by atoms with van der Waals surface area (Å²) in [6, 6.07) is 11.5. The number of ether oxygens (including phenoxy) is 1. The van der Waals surface area contributed by atoms with Gasteiger partial charge in [0.2, 0.25) is 0 Å². The minimum Gasteiger partial charge on any atom is -0.450 e. The summed E-state index contributed by atoms with van der Waals surface area (Å²) in [5, 5.41) is 9.07. The normalized spacial score (nSPS) is 21.9. The van der Waals surface area contributed by atoms with E-state index in [1.807, 2.05) is 24.0 Å². The van der Waals surface area contributed by atoms with Crippen molar-refractivity contribution in [3.05, 3.63) is 47.9 Å². The van der Waals surface area contributed by atoms with Crippen LogP contribution in [0, 0.1) is 22.6 Å². The Labute approximate surface area is 199 Å². The average Bonchev–Trinajstić information content (AvgIpc) is 3.30. The van der Waals surface area contributed by atoms with Gasteiger partial charge >= 0.3 is 6.09 Å². The van der Waals surface area contributed by atoms with Gasteiger partial charge in [-0.2, -0.15) is 5.26 Å². The fourth-order valence-corrected chi connectivity index (χ4v) is 5.81. The second-order valence-corrected chi connectivity index (χ2v) is 9.69. The van der Waals surface area contributed by atoms with Crippen LogP contribution in [0.25, 0.3) is 11.3 Å². The van der Waals surface area contributed by atoms with Gasteiger partial charge in [-0.3, -0.25) is 9.88 Å². The van der Waals surface area contributed by atoms with Gasteiger partial charge in [-0.05, 0) is 38.3 Å². The zero-order valence-electron chi connectivity index (χ0n) is 19.5. The minimum absolute atomic E-state index is 0.188. The Kier molecular flexibility index (Phi) is 6.13. The first-order valence-corrected chi connectivity index (χ1v) is 12.1. The van der Waals surface area contributed by atoms with Crippen LogP contribution in [0.3, 0.4) is 0 Å². The van der Waals surface area contributed by atoms with Crippen molar-refractivity contribution >= 4 is 11.8 Å². The standard InChI is InChI=1S/C26H30FN5O2/c1-2-34-25(33)32-17-26(18-32)8-7-22(14-26)30-9-11-31(12-10-30)23-13-21(27)16-29-24(23)20-5-3-19(15-28)4-6-20/h3-6,13,16,22H,2,7-12,14,17-18H2,1H3/t22-/m1/s1. The number of rotatable bonds is 4. The van der Waals surface area contributed by atoms with E-state index in [1.54, 1.807) is 18.2 Å². The van der Waals surface area contributed by atoms with Crippen molar-refractivity contribution in [1.82, 2.24) is 14.8 Å². The Hall–Kier alpha value is -3.18. The van der Waals surface area contributed by atoms with Gasteiger partial charge in [-0.1, -0.05) is 12.1 Å². The largest absolute Gasteiger partial charge is 0.450 e. The van der Waals surface area contributed by atoms with Gasteiger partial charge in [0, 0.05) is 62.4 Å². The molecule has 34 heavy (non-hydrogen) atoms. The molecule has 1 spiro atoms. The van der Waals surface area contributed by atoms with Crippen LogP contribution in [0.2, 0.25) is 0 Å². The maximum absolute atomic E-state index is 14.1. The number of nitriles is 1. The summed E-state index contributed by atoms with van der Waals surface area (Å²) < 4.78 is 19.3. The van der Waals surface area contributed by atoms with Gasteiger partial charge in [0.25, 0.3) is 0 Å². The molecule has 0 radical (unpaired) electrons. The van der Waals surface area contributed by atoms with Crippen LogP contribution in [0.4, 0.5) is 14.9 Å². The Morgan fingerprint density at radius 1 is 1.24 bits per heavy atom. The van der Waals surface area contributed by atoms with Crippen molar-refractivity contribution in [2.75, 3.05) is 50.8 Å². The topological polar surface area (TPSA) is 72.7 Å². The third-order valence-electron chi connectivity index (χ3n) is 7.55. The number of nitrogens with zero attached hydrogens (tertiary/aromatic N) is 5. The Bertz CT molecular complexity index is 1090. The number of carbonyl (C=O) groups is 1. The Morgan fingerprint density at radius 2 is 1.97 bits per heavy atom. The highest BCUT2D eigenvalue weighted by molar-refractivity contribution is 5.75.